The van der Waals surface area contributed by atoms with Crippen molar-refractivity contribution in [2.24, 2.45) is 0 Å². The highest BCUT2D eigenvalue weighted by atomic mass is 32.2. The van der Waals surface area contributed by atoms with Crippen LogP contribution in [0.25, 0.3) is 55.0 Å². The molecule has 2 atom stereocenters. The average Bonchev–Trinajstić information content (AvgIpc) is 4.05. The molecule has 15 nitrogen and oxygen atoms in total. The van der Waals surface area contributed by atoms with Crippen molar-refractivity contribution < 1.29 is 31.4 Å². The van der Waals surface area contributed by atoms with Crippen LogP contribution in [0.5, 0.6) is 0 Å². The number of hydrogen-bond donors (Lipinski definition) is 1. The average molecular weight is 1020 g/mol. The molecule has 0 aliphatic heterocycles. The Kier molecular flexibility index (Phi) is 15.1. The van der Waals surface area contributed by atoms with E-state index >= 15 is 0 Å². The summed E-state index contributed by atoms with van der Waals surface area (Å²) in [4.78, 5) is 61.1. The summed E-state index contributed by atoms with van der Waals surface area (Å²) >= 11 is 1.44. The molecule has 0 bridgehead atoms. The maximum atomic E-state index is 13.8. The Morgan fingerprint density at radius 2 is 0.973 bits per heavy atom. The Balaban J connectivity index is 0.000000214. The zero-order valence-electron chi connectivity index (χ0n) is 39.3. The van der Waals surface area contributed by atoms with E-state index in [1.165, 1.54) is 78.6 Å². The number of aromatic nitrogens is 8. The summed E-state index contributed by atoms with van der Waals surface area (Å²) in [5.74, 6) is 0.442. The first-order valence-corrected chi connectivity index (χ1v) is 23.3. The minimum atomic E-state index is -4.64. The number of benzene rings is 4. The minimum absolute atomic E-state index is 0.00356. The summed E-state index contributed by atoms with van der Waals surface area (Å²) in [5, 5.41) is 18.3. The van der Waals surface area contributed by atoms with Crippen LogP contribution < -0.4 is 22.5 Å². The van der Waals surface area contributed by atoms with Gasteiger partial charge in [0.2, 0.25) is 0 Å². The summed E-state index contributed by atoms with van der Waals surface area (Å²) in [6, 6.07) is 23.4. The van der Waals surface area contributed by atoms with Gasteiger partial charge in [-0.3, -0.25) is 27.9 Å². The van der Waals surface area contributed by atoms with Gasteiger partial charge in [-0.15, -0.1) is 0 Å². The third kappa shape index (κ3) is 10.3. The molecular weight excluding hydrogens is 979 g/mol. The van der Waals surface area contributed by atoms with Gasteiger partial charge in [0.25, 0.3) is 11.1 Å². The van der Waals surface area contributed by atoms with Crippen molar-refractivity contribution in [1.82, 2.24) is 37.8 Å². The highest BCUT2D eigenvalue weighted by molar-refractivity contribution is 7.98. The van der Waals surface area contributed by atoms with E-state index in [2.05, 4.69) is 19.9 Å². The Morgan fingerprint density at radius 3 is 1.32 bits per heavy atom. The standard InChI is InChI=1S/C26H22F3N5O2S.C25H20F3N5O3/c1-16(15-37-4)32-24(35)23(22-12-13-31-34(22)20-10-8-19(30-3)9-11-20)17(2)33(25(32)36)21-7-5-6-18(14-21)26(27,28)29;1-15(14-34)31-23(35)22(21-11-12-30-33(21)19-9-7-18(29-3)8-10-19)16(2)32(24(31)36)20-6-4-5-17(13-20)25(26,27)28/h5-14,16H,15H2,1-2,4H3;4-13,15,34H,14H2,1-2H3/t16-;15-/m11/s1. The monoisotopic (exact) mass is 1020 g/mol. The van der Waals surface area contributed by atoms with E-state index in [9.17, 15) is 50.6 Å². The molecule has 4 heterocycles. The van der Waals surface area contributed by atoms with Crippen molar-refractivity contribution in [3.8, 4) is 45.3 Å². The molecule has 8 rings (SSSR count). The molecule has 0 spiro atoms. The van der Waals surface area contributed by atoms with E-state index in [0.717, 1.165) is 42.5 Å². The number of halogens is 6. The predicted octanol–water partition coefficient (Wildman–Crippen LogP) is 9.94. The third-order valence-electron chi connectivity index (χ3n) is 11.7. The molecule has 0 fully saturated rings. The van der Waals surface area contributed by atoms with Crippen LogP contribution in [0.1, 0.15) is 48.4 Å². The SMILES string of the molecule is [C-]#[N+]c1ccc(-n2nccc2-c2c(C)n(-c3cccc(C(F)(F)F)c3)c(=O)n([C@H](C)CO)c2=O)cc1.[C-]#[N+]c1ccc(-n2nccc2-c2c(C)n(-c3cccc(C(F)(F)F)c3)c(=O)n([C@H](C)CSC)c2=O)cc1. The topological polar surface area (TPSA) is 153 Å². The quantitative estimate of drug-likeness (QED) is 0.0993. The molecule has 22 heteroatoms. The van der Waals surface area contributed by atoms with Crippen LogP contribution in [-0.4, -0.2) is 61.6 Å². The number of thioether (sulfide) groups is 1. The van der Waals surface area contributed by atoms with E-state index in [1.807, 2.05) is 6.26 Å². The highest BCUT2D eigenvalue weighted by Gasteiger charge is 2.33. The Labute approximate surface area is 415 Å². The van der Waals surface area contributed by atoms with Gasteiger partial charge < -0.3 is 5.11 Å². The molecule has 4 aromatic heterocycles. The molecule has 0 unspecified atom stereocenters. The molecule has 4 aromatic carbocycles. The number of hydrogen-bond acceptors (Lipinski definition) is 8. The van der Waals surface area contributed by atoms with Crippen LogP contribution in [0.4, 0.5) is 37.7 Å². The van der Waals surface area contributed by atoms with Gasteiger partial charge in [0.1, 0.15) is 0 Å². The summed E-state index contributed by atoms with van der Waals surface area (Å²) in [6.07, 6.45) is -4.47. The molecule has 0 radical (unpaired) electrons. The Hall–Kier alpha value is -8.47. The first kappa shape index (κ1) is 52.4. The van der Waals surface area contributed by atoms with Crippen molar-refractivity contribution in [3.63, 3.8) is 0 Å². The van der Waals surface area contributed by atoms with E-state index < -0.39 is 64.7 Å². The molecule has 0 amide bonds. The van der Waals surface area contributed by atoms with Crippen molar-refractivity contribution in [1.29, 1.82) is 0 Å². The van der Waals surface area contributed by atoms with Gasteiger partial charge in [0, 0.05) is 23.2 Å². The van der Waals surface area contributed by atoms with Gasteiger partial charge in [-0.1, -0.05) is 36.4 Å². The zero-order valence-corrected chi connectivity index (χ0v) is 40.2. The molecule has 8 aromatic rings. The summed E-state index contributed by atoms with van der Waals surface area (Å²) in [5.41, 5.74) is -1.80. The second kappa shape index (κ2) is 21.1. The largest absolute Gasteiger partial charge is 0.416 e. The van der Waals surface area contributed by atoms with Crippen LogP contribution in [0.15, 0.2) is 141 Å². The molecule has 73 heavy (non-hydrogen) atoms. The molecule has 0 aliphatic rings. The van der Waals surface area contributed by atoms with Crippen molar-refractivity contribution in [3.05, 3.63) is 209 Å². The Bertz CT molecular complexity index is 3690. The number of rotatable bonds is 11. The molecule has 0 saturated carbocycles. The third-order valence-corrected chi connectivity index (χ3v) is 12.5. The maximum Gasteiger partial charge on any atom is 0.416 e. The summed E-state index contributed by atoms with van der Waals surface area (Å²) < 4.78 is 87.7. The number of nitrogens with zero attached hydrogens (tertiary/aromatic N) is 10. The lowest BCUT2D eigenvalue weighted by molar-refractivity contribution is -0.138. The summed E-state index contributed by atoms with van der Waals surface area (Å²) in [6.45, 7) is 19.9. The van der Waals surface area contributed by atoms with Gasteiger partial charge in [0.05, 0.1) is 94.6 Å². The molecule has 0 saturated heterocycles. The molecule has 1 N–H and O–H groups in total. The first-order valence-electron chi connectivity index (χ1n) is 21.9. The highest BCUT2D eigenvalue weighted by Crippen LogP contribution is 2.33. The van der Waals surface area contributed by atoms with Crippen molar-refractivity contribution in [2.45, 2.75) is 52.1 Å². The normalized spacial score (nSPS) is 12.4. The van der Waals surface area contributed by atoms with Gasteiger partial charge in [0.15, 0.2) is 11.4 Å². The van der Waals surface area contributed by atoms with E-state index in [-0.39, 0.29) is 39.6 Å². The van der Waals surface area contributed by atoms with Crippen molar-refractivity contribution in [2.75, 3.05) is 18.6 Å². The van der Waals surface area contributed by atoms with E-state index in [4.69, 9.17) is 13.1 Å². The number of aliphatic hydroxyl groups excluding tert-OH is 1. The second-order valence-corrected chi connectivity index (χ2v) is 17.4. The smallest absolute Gasteiger partial charge is 0.394 e. The first-order chi connectivity index (χ1) is 34.7. The second-order valence-electron chi connectivity index (χ2n) is 16.5. The fourth-order valence-corrected chi connectivity index (χ4v) is 8.83. The van der Waals surface area contributed by atoms with Gasteiger partial charge in [-0.05, 0) is 107 Å². The van der Waals surface area contributed by atoms with Crippen LogP contribution >= 0.6 is 11.8 Å². The lowest BCUT2D eigenvalue weighted by Gasteiger charge is -2.21. The van der Waals surface area contributed by atoms with Crippen LogP contribution in [0.2, 0.25) is 0 Å². The predicted molar refractivity (Wildman–Crippen MR) is 265 cm³/mol. The Morgan fingerprint density at radius 1 is 0.589 bits per heavy atom. The number of alkyl halides is 6. The molecular formula is C51H42F6N10O5S. The van der Waals surface area contributed by atoms with Crippen molar-refractivity contribution >= 4 is 23.1 Å². The van der Waals surface area contributed by atoms with Crippen LogP contribution in [0.3, 0.4) is 0 Å². The maximum absolute atomic E-state index is 13.8. The van der Waals surface area contributed by atoms with Gasteiger partial charge in [-0.2, -0.15) is 48.3 Å². The van der Waals surface area contributed by atoms with Crippen LogP contribution in [0, 0.1) is 27.0 Å². The summed E-state index contributed by atoms with van der Waals surface area (Å²) in [7, 11) is 0. The molecule has 374 valence electrons. The number of aliphatic hydroxyl groups is 1. The lowest BCUT2D eigenvalue weighted by atomic mass is 10.1. The zero-order chi connectivity index (χ0) is 53.1. The van der Waals surface area contributed by atoms with Crippen LogP contribution in [-0.2, 0) is 12.4 Å². The fourth-order valence-electron chi connectivity index (χ4n) is 8.20. The van der Waals surface area contributed by atoms with E-state index in [1.54, 1.807) is 67.6 Å². The van der Waals surface area contributed by atoms with E-state index in [0.29, 0.717) is 34.2 Å². The van der Waals surface area contributed by atoms with Gasteiger partial charge in [-0.25, -0.2) is 28.6 Å². The lowest BCUT2D eigenvalue weighted by Crippen LogP contribution is -2.44. The minimum Gasteiger partial charge on any atom is -0.394 e. The fraction of sp³-hybridized carbons (Fsp3) is 0.216. The van der Waals surface area contributed by atoms with Gasteiger partial charge >= 0.3 is 23.7 Å². The molecule has 0 aliphatic carbocycles.